The third-order valence-corrected chi connectivity index (χ3v) is 4.01. The zero-order valence-electron chi connectivity index (χ0n) is 13.9. The van der Waals surface area contributed by atoms with Gasteiger partial charge in [0.15, 0.2) is 0 Å². The normalized spacial score (nSPS) is 11.7. The molecule has 0 spiro atoms. The van der Waals surface area contributed by atoms with Gasteiger partial charge in [0.1, 0.15) is 0 Å². The van der Waals surface area contributed by atoms with Crippen molar-refractivity contribution in [3.05, 3.63) is 71.3 Å². The molecule has 4 nitrogen and oxygen atoms in total. The number of amides is 1. The maximum atomic E-state index is 12.6. The number of aryl methyl sites for hydroxylation is 1. The Hall–Kier alpha value is -2.62. The summed E-state index contributed by atoms with van der Waals surface area (Å²) in [6.07, 6.45) is 1.84. The van der Waals surface area contributed by atoms with Crippen LogP contribution in [0.2, 0.25) is 0 Å². The van der Waals surface area contributed by atoms with E-state index in [1.807, 2.05) is 61.5 Å². The summed E-state index contributed by atoms with van der Waals surface area (Å²) >= 11 is 0. The zero-order valence-corrected chi connectivity index (χ0v) is 13.9. The molecule has 0 aliphatic heterocycles. The van der Waals surface area contributed by atoms with E-state index in [0.29, 0.717) is 18.4 Å². The van der Waals surface area contributed by atoms with Crippen LogP contribution in [0.15, 0.2) is 54.6 Å². The van der Waals surface area contributed by atoms with E-state index in [4.69, 9.17) is 5.11 Å². The summed E-state index contributed by atoms with van der Waals surface area (Å²) in [7, 11) is 0. The van der Waals surface area contributed by atoms with Gasteiger partial charge in [-0.25, -0.2) is 0 Å². The van der Waals surface area contributed by atoms with Crippen molar-refractivity contribution in [1.29, 1.82) is 0 Å². The van der Waals surface area contributed by atoms with Gasteiger partial charge >= 0.3 is 5.97 Å². The fourth-order valence-corrected chi connectivity index (χ4v) is 2.73. The van der Waals surface area contributed by atoms with Crippen molar-refractivity contribution in [3.8, 4) is 0 Å². The second-order valence-electron chi connectivity index (χ2n) is 5.80. The molecule has 0 heterocycles. The van der Waals surface area contributed by atoms with E-state index < -0.39 is 5.97 Å². The maximum absolute atomic E-state index is 12.6. The van der Waals surface area contributed by atoms with Crippen LogP contribution in [-0.2, 0) is 17.6 Å². The molecule has 126 valence electrons. The largest absolute Gasteiger partial charge is 0.481 e. The van der Waals surface area contributed by atoms with E-state index in [-0.39, 0.29) is 18.4 Å². The number of carbonyl (C=O) groups excluding carboxylic acids is 1. The number of aliphatic carboxylic acids is 1. The Balaban J connectivity index is 2.11. The van der Waals surface area contributed by atoms with E-state index in [9.17, 15) is 9.59 Å². The first-order valence-corrected chi connectivity index (χ1v) is 8.24. The van der Waals surface area contributed by atoms with Crippen LogP contribution < -0.4 is 5.32 Å². The first-order chi connectivity index (χ1) is 11.6. The highest BCUT2D eigenvalue weighted by Crippen LogP contribution is 2.12. The van der Waals surface area contributed by atoms with E-state index in [0.717, 1.165) is 17.5 Å². The number of carboxylic acids is 1. The molecule has 0 bridgehead atoms. The summed E-state index contributed by atoms with van der Waals surface area (Å²) in [6.45, 7) is 2.01. The summed E-state index contributed by atoms with van der Waals surface area (Å²) in [5, 5.41) is 12.0. The van der Waals surface area contributed by atoms with Crippen LogP contribution in [0.5, 0.6) is 0 Å². The van der Waals surface area contributed by atoms with Gasteiger partial charge in [0.2, 0.25) is 0 Å². The second kappa shape index (κ2) is 8.87. The molecular formula is C20H23NO3. The summed E-state index contributed by atoms with van der Waals surface area (Å²) in [6, 6.07) is 17.1. The van der Waals surface area contributed by atoms with E-state index in [1.54, 1.807) is 0 Å². The molecule has 0 aliphatic carbocycles. The van der Waals surface area contributed by atoms with Gasteiger partial charge in [-0.3, -0.25) is 9.59 Å². The Kier molecular flexibility index (Phi) is 6.55. The number of rotatable bonds is 8. The fourth-order valence-electron chi connectivity index (χ4n) is 2.73. The third-order valence-electron chi connectivity index (χ3n) is 4.01. The molecule has 2 aromatic carbocycles. The van der Waals surface area contributed by atoms with Gasteiger partial charge in [-0.1, -0.05) is 55.5 Å². The van der Waals surface area contributed by atoms with Crippen LogP contribution in [0.25, 0.3) is 0 Å². The predicted molar refractivity (Wildman–Crippen MR) is 94.1 cm³/mol. The molecule has 0 saturated heterocycles. The number of benzene rings is 2. The number of nitrogens with one attached hydrogen (secondary N) is 1. The summed E-state index contributed by atoms with van der Waals surface area (Å²) in [5.41, 5.74) is 2.73. The third kappa shape index (κ3) is 5.23. The topological polar surface area (TPSA) is 66.4 Å². The molecule has 4 heteroatoms. The van der Waals surface area contributed by atoms with Crippen LogP contribution in [0.4, 0.5) is 0 Å². The van der Waals surface area contributed by atoms with Crippen molar-refractivity contribution in [2.24, 2.45) is 0 Å². The first-order valence-electron chi connectivity index (χ1n) is 8.24. The molecule has 1 atom stereocenters. The number of hydrogen-bond donors (Lipinski definition) is 2. The predicted octanol–water partition coefficient (Wildman–Crippen LogP) is 3.45. The van der Waals surface area contributed by atoms with Crippen molar-refractivity contribution in [2.45, 2.75) is 38.6 Å². The van der Waals surface area contributed by atoms with E-state index in [1.165, 1.54) is 0 Å². The highest BCUT2D eigenvalue weighted by molar-refractivity contribution is 5.95. The van der Waals surface area contributed by atoms with Crippen molar-refractivity contribution in [2.75, 3.05) is 0 Å². The summed E-state index contributed by atoms with van der Waals surface area (Å²) < 4.78 is 0. The molecule has 0 fully saturated rings. The lowest BCUT2D eigenvalue weighted by Crippen LogP contribution is -2.37. The van der Waals surface area contributed by atoms with Crippen LogP contribution in [0.3, 0.4) is 0 Å². The molecule has 0 aromatic heterocycles. The Bertz CT molecular complexity index is 682. The van der Waals surface area contributed by atoms with Gasteiger partial charge in [-0.2, -0.15) is 0 Å². The maximum Gasteiger partial charge on any atom is 0.303 e. The van der Waals surface area contributed by atoms with Gasteiger partial charge in [0.05, 0.1) is 0 Å². The lowest BCUT2D eigenvalue weighted by atomic mass is 10.00. The molecule has 0 saturated carbocycles. The molecule has 24 heavy (non-hydrogen) atoms. The minimum atomic E-state index is -0.851. The minimum Gasteiger partial charge on any atom is -0.481 e. The van der Waals surface area contributed by atoms with E-state index >= 15 is 0 Å². The lowest BCUT2D eigenvalue weighted by molar-refractivity contribution is -0.137. The van der Waals surface area contributed by atoms with E-state index in [2.05, 4.69) is 5.32 Å². The summed E-state index contributed by atoms with van der Waals surface area (Å²) in [5.74, 6) is -0.991. The minimum absolute atomic E-state index is 0.0349. The zero-order chi connectivity index (χ0) is 17.4. The standard InChI is InChI=1S/C20H23NO3/c1-2-16-10-6-7-11-18(16)20(24)21-17(12-13-19(22)23)14-15-8-4-3-5-9-15/h3-11,17H,2,12-14H2,1H3,(H,21,24)(H,22,23). The molecule has 2 rings (SSSR count). The lowest BCUT2D eigenvalue weighted by Gasteiger charge is -2.19. The number of carbonyl (C=O) groups is 2. The van der Waals surface area contributed by atoms with Crippen LogP contribution >= 0.6 is 0 Å². The van der Waals surface area contributed by atoms with Gasteiger partial charge < -0.3 is 10.4 Å². The Morgan fingerprint density at radius 2 is 1.71 bits per heavy atom. The molecule has 1 amide bonds. The molecule has 0 radical (unpaired) electrons. The van der Waals surface area contributed by atoms with Gasteiger partial charge in [-0.05, 0) is 36.5 Å². The number of hydrogen-bond acceptors (Lipinski definition) is 2. The smallest absolute Gasteiger partial charge is 0.303 e. The SMILES string of the molecule is CCc1ccccc1C(=O)NC(CCC(=O)O)Cc1ccccc1. The average molecular weight is 325 g/mol. The highest BCUT2D eigenvalue weighted by atomic mass is 16.4. The average Bonchev–Trinajstić information content (AvgIpc) is 2.60. The Morgan fingerprint density at radius 1 is 1.04 bits per heavy atom. The number of carboxylic acid groups (broad SMARTS) is 1. The Morgan fingerprint density at radius 3 is 2.38 bits per heavy atom. The van der Waals surface area contributed by atoms with Crippen molar-refractivity contribution < 1.29 is 14.7 Å². The molecule has 2 N–H and O–H groups in total. The van der Waals surface area contributed by atoms with Crippen LogP contribution in [-0.4, -0.2) is 23.0 Å². The monoisotopic (exact) mass is 325 g/mol. The van der Waals surface area contributed by atoms with Crippen LogP contribution in [0.1, 0.15) is 41.3 Å². The van der Waals surface area contributed by atoms with Gasteiger partial charge in [0.25, 0.3) is 5.91 Å². The molecule has 2 aromatic rings. The van der Waals surface area contributed by atoms with Crippen molar-refractivity contribution in [3.63, 3.8) is 0 Å². The van der Waals surface area contributed by atoms with Gasteiger partial charge in [-0.15, -0.1) is 0 Å². The Labute approximate surface area is 142 Å². The first kappa shape index (κ1) is 17.7. The van der Waals surface area contributed by atoms with Gasteiger partial charge in [0, 0.05) is 18.0 Å². The second-order valence-corrected chi connectivity index (χ2v) is 5.80. The van der Waals surface area contributed by atoms with Crippen molar-refractivity contribution in [1.82, 2.24) is 5.32 Å². The van der Waals surface area contributed by atoms with Crippen molar-refractivity contribution >= 4 is 11.9 Å². The van der Waals surface area contributed by atoms with Crippen LogP contribution in [0, 0.1) is 0 Å². The molecule has 1 unspecified atom stereocenters. The molecular weight excluding hydrogens is 302 g/mol. The quantitative estimate of drug-likeness (QED) is 0.781. The summed E-state index contributed by atoms with van der Waals surface area (Å²) in [4.78, 5) is 23.5. The fraction of sp³-hybridized carbons (Fsp3) is 0.300. The molecule has 0 aliphatic rings. The highest BCUT2D eigenvalue weighted by Gasteiger charge is 2.17.